The van der Waals surface area contributed by atoms with Crippen LogP contribution < -0.4 is 0 Å². The summed E-state index contributed by atoms with van der Waals surface area (Å²) in [4.78, 5) is 41.8. The standard InChI is InChI=1S/C15H20O4/c16-10-3-1-2-6-14(12-18)7-4-8-15(13-19)9-5-11-17/h6,8,10-13H,1-5,7,9H2/b14-6+,15-8-. The summed E-state index contributed by atoms with van der Waals surface area (Å²) in [5, 5.41) is 0. The van der Waals surface area contributed by atoms with Crippen molar-refractivity contribution in [3.8, 4) is 0 Å². The lowest BCUT2D eigenvalue weighted by molar-refractivity contribution is -0.108. The number of hydrogen-bond acceptors (Lipinski definition) is 4. The van der Waals surface area contributed by atoms with E-state index >= 15 is 0 Å². The van der Waals surface area contributed by atoms with Crippen LogP contribution in [0, 0.1) is 0 Å². The predicted molar refractivity (Wildman–Crippen MR) is 72.7 cm³/mol. The normalized spacial score (nSPS) is 12.0. The van der Waals surface area contributed by atoms with E-state index in [4.69, 9.17) is 0 Å². The van der Waals surface area contributed by atoms with Crippen molar-refractivity contribution in [3.63, 3.8) is 0 Å². The van der Waals surface area contributed by atoms with Crippen LogP contribution in [0.3, 0.4) is 0 Å². The van der Waals surface area contributed by atoms with Crippen LogP contribution in [0.25, 0.3) is 0 Å². The quantitative estimate of drug-likeness (QED) is 0.308. The number of carbonyl (C=O) groups excluding carboxylic acids is 4. The van der Waals surface area contributed by atoms with Crippen molar-refractivity contribution in [2.45, 2.75) is 44.9 Å². The lowest BCUT2D eigenvalue weighted by atomic mass is 10.1. The van der Waals surface area contributed by atoms with E-state index in [0.717, 1.165) is 31.6 Å². The molecule has 0 spiro atoms. The van der Waals surface area contributed by atoms with Gasteiger partial charge in [0.1, 0.15) is 25.1 Å². The van der Waals surface area contributed by atoms with E-state index in [1.54, 1.807) is 6.08 Å². The molecule has 0 fully saturated rings. The maximum Gasteiger partial charge on any atom is 0.145 e. The van der Waals surface area contributed by atoms with Crippen molar-refractivity contribution in [2.75, 3.05) is 0 Å². The molecule has 0 N–H and O–H groups in total. The zero-order valence-electron chi connectivity index (χ0n) is 11.0. The maximum atomic E-state index is 10.8. The predicted octanol–water partition coefficient (Wildman–Crippen LogP) is 2.37. The molecular formula is C15H20O4. The molecule has 0 aliphatic rings. The summed E-state index contributed by atoms with van der Waals surface area (Å²) in [5.74, 6) is 0. The molecule has 0 saturated heterocycles. The van der Waals surface area contributed by atoms with Crippen LogP contribution in [-0.4, -0.2) is 25.1 Å². The van der Waals surface area contributed by atoms with Gasteiger partial charge in [0.15, 0.2) is 0 Å². The summed E-state index contributed by atoms with van der Waals surface area (Å²) in [5.41, 5.74) is 1.28. The Bertz CT molecular complexity index is 353. The van der Waals surface area contributed by atoms with Crippen molar-refractivity contribution < 1.29 is 19.2 Å². The average molecular weight is 264 g/mol. The molecule has 0 bridgehead atoms. The molecule has 0 atom stereocenters. The Labute approximate surface area is 113 Å². The van der Waals surface area contributed by atoms with Crippen LogP contribution in [-0.2, 0) is 19.2 Å². The monoisotopic (exact) mass is 264 g/mol. The minimum Gasteiger partial charge on any atom is -0.303 e. The van der Waals surface area contributed by atoms with Crippen LogP contribution in [0.1, 0.15) is 44.9 Å². The first-order valence-corrected chi connectivity index (χ1v) is 6.44. The zero-order chi connectivity index (χ0) is 14.3. The molecule has 0 radical (unpaired) electrons. The number of unbranched alkanes of at least 4 members (excludes halogenated alkanes) is 2. The number of rotatable bonds is 12. The van der Waals surface area contributed by atoms with E-state index in [9.17, 15) is 19.2 Å². The van der Waals surface area contributed by atoms with Crippen molar-refractivity contribution in [1.82, 2.24) is 0 Å². The van der Waals surface area contributed by atoms with E-state index in [2.05, 4.69) is 0 Å². The Morgan fingerprint density at radius 3 is 1.68 bits per heavy atom. The van der Waals surface area contributed by atoms with Gasteiger partial charge in [0.2, 0.25) is 0 Å². The van der Waals surface area contributed by atoms with Gasteiger partial charge in [-0.3, -0.25) is 9.59 Å². The fraction of sp³-hybridized carbons (Fsp3) is 0.467. The Morgan fingerprint density at radius 1 is 0.632 bits per heavy atom. The summed E-state index contributed by atoms with van der Waals surface area (Å²) in [6.45, 7) is 0. The van der Waals surface area contributed by atoms with Crippen molar-refractivity contribution in [3.05, 3.63) is 23.3 Å². The van der Waals surface area contributed by atoms with Gasteiger partial charge in [-0.15, -0.1) is 0 Å². The molecular weight excluding hydrogens is 244 g/mol. The molecule has 0 aliphatic carbocycles. The van der Waals surface area contributed by atoms with E-state index in [-0.39, 0.29) is 0 Å². The second-order valence-corrected chi connectivity index (χ2v) is 4.14. The highest BCUT2D eigenvalue weighted by Gasteiger charge is 1.97. The lowest BCUT2D eigenvalue weighted by Gasteiger charge is -1.99. The van der Waals surface area contributed by atoms with E-state index in [1.807, 2.05) is 6.08 Å². The summed E-state index contributed by atoms with van der Waals surface area (Å²) in [6.07, 6.45) is 10.7. The zero-order valence-corrected chi connectivity index (χ0v) is 11.0. The van der Waals surface area contributed by atoms with Crippen LogP contribution in [0.4, 0.5) is 0 Å². The van der Waals surface area contributed by atoms with Gasteiger partial charge in [-0.25, -0.2) is 0 Å². The molecule has 0 aromatic carbocycles. The first-order valence-electron chi connectivity index (χ1n) is 6.44. The molecule has 0 rings (SSSR count). The maximum absolute atomic E-state index is 10.8. The second-order valence-electron chi connectivity index (χ2n) is 4.14. The minimum atomic E-state index is 0.340. The molecule has 4 heteroatoms. The summed E-state index contributed by atoms with van der Waals surface area (Å²) in [7, 11) is 0. The first kappa shape index (κ1) is 17.2. The number of hydrogen-bond donors (Lipinski definition) is 0. The molecule has 4 nitrogen and oxygen atoms in total. The van der Waals surface area contributed by atoms with E-state index < -0.39 is 0 Å². The van der Waals surface area contributed by atoms with E-state index in [0.29, 0.717) is 49.7 Å². The fourth-order valence-electron chi connectivity index (χ4n) is 1.56. The van der Waals surface area contributed by atoms with Gasteiger partial charge in [-0.2, -0.15) is 0 Å². The average Bonchev–Trinajstić information content (AvgIpc) is 2.44. The number of aldehydes is 4. The Kier molecular flexibility index (Phi) is 11.4. The number of allylic oxidation sites excluding steroid dienone is 4. The van der Waals surface area contributed by atoms with Gasteiger partial charge < -0.3 is 9.59 Å². The molecule has 0 amide bonds. The van der Waals surface area contributed by atoms with Crippen molar-refractivity contribution in [2.24, 2.45) is 0 Å². The smallest absolute Gasteiger partial charge is 0.145 e. The fourth-order valence-corrected chi connectivity index (χ4v) is 1.56. The highest BCUT2D eigenvalue weighted by Crippen LogP contribution is 2.09. The molecule has 0 saturated carbocycles. The summed E-state index contributed by atoms with van der Waals surface area (Å²) >= 11 is 0. The molecule has 104 valence electrons. The van der Waals surface area contributed by atoms with Crippen LogP contribution in [0.2, 0.25) is 0 Å². The lowest BCUT2D eigenvalue weighted by Crippen LogP contribution is -1.89. The van der Waals surface area contributed by atoms with Gasteiger partial charge >= 0.3 is 0 Å². The Hall–Kier alpha value is -1.84. The van der Waals surface area contributed by atoms with Gasteiger partial charge in [0.25, 0.3) is 0 Å². The third-order valence-corrected chi connectivity index (χ3v) is 2.63. The number of carbonyl (C=O) groups is 4. The van der Waals surface area contributed by atoms with Crippen LogP contribution in [0.15, 0.2) is 23.3 Å². The molecule has 0 aromatic rings. The van der Waals surface area contributed by atoms with Gasteiger partial charge in [0, 0.05) is 12.8 Å². The Morgan fingerprint density at radius 2 is 1.16 bits per heavy atom. The largest absolute Gasteiger partial charge is 0.303 e. The molecule has 0 unspecified atom stereocenters. The first-order chi connectivity index (χ1) is 9.28. The molecule has 19 heavy (non-hydrogen) atoms. The molecule has 0 aliphatic heterocycles. The summed E-state index contributed by atoms with van der Waals surface area (Å²) < 4.78 is 0. The SMILES string of the molecule is O=CCCC/C=C(/C=O)CC/C=C(\C=O)CCC=O. The van der Waals surface area contributed by atoms with Crippen molar-refractivity contribution in [1.29, 1.82) is 0 Å². The summed E-state index contributed by atoms with van der Waals surface area (Å²) in [6, 6.07) is 0. The molecule has 0 heterocycles. The van der Waals surface area contributed by atoms with Gasteiger partial charge in [-0.1, -0.05) is 12.2 Å². The minimum absolute atomic E-state index is 0.340. The molecule has 0 aromatic heterocycles. The Balaban J connectivity index is 4.13. The van der Waals surface area contributed by atoms with Gasteiger partial charge in [0.05, 0.1) is 0 Å². The van der Waals surface area contributed by atoms with Crippen LogP contribution in [0.5, 0.6) is 0 Å². The van der Waals surface area contributed by atoms with E-state index in [1.165, 1.54) is 0 Å². The third kappa shape index (κ3) is 9.83. The highest BCUT2D eigenvalue weighted by molar-refractivity contribution is 5.74. The third-order valence-electron chi connectivity index (χ3n) is 2.63. The second kappa shape index (κ2) is 12.6. The van der Waals surface area contributed by atoms with Crippen LogP contribution >= 0.6 is 0 Å². The topological polar surface area (TPSA) is 68.3 Å². The highest BCUT2D eigenvalue weighted by atomic mass is 16.1. The van der Waals surface area contributed by atoms with Crippen molar-refractivity contribution >= 4 is 25.1 Å². The van der Waals surface area contributed by atoms with Gasteiger partial charge in [-0.05, 0) is 43.3 Å².